The maximum absolute atomic E-state index is 12.1. The molecule has 0 heterocycles. The molecule has 0 unspecified atom stereocenters. The lowest BCUT2D eigenvalue weighted by Crippen LogP contribution is -2.32. The Morgan fingerprint density at radius 2 is 2.18 bits per heavy atom. The first-order valence-corrected chi connectivity index (χ1v) is 6.35. The molecule has 1 N–H and O–H groups in total. The highest BCUT2D eigenvalue weighted by Crippen LogP contribution is 2.23. The van der Waals surface area contributed by atoms with Gasteiger partial charge in [0.2, 0.25) is 0 Å². The molecule has 0 aliphatic rings. The van der Waals surface area contributed by atoms with Gasteiger partial charge in [-0.3, -0.25) is 4.79 Å². The zero-order valence-corrected chi connectivity index (χ0v) is 11.1. The molecular weight excluding hydrogens is 261 g/mol. The summed E-state index contributed by atoms with van der Waals surface area (Å²) in [5.41, 5.74) is 0.269. The van der Waals surface area contributed by atoms with E-state index in [1.807, 2.05) is 6.92 Å². The number of carbonyl (C=O) groups excluding carboxylic acids is 1. The maximum Gasteiger partial charge on any atom is 0.257 e. The highest BCUT2D eigenvalue weighted by Gasteiger charge is 2.17. The van der Waals surface area contributed by atoms with Crippen molar-refractivity contribution in [1.29, 1.82) is 0 Å². The summed E-state index contributed by atoms with van der Waals surface area (Å²) in [6.45, 7) is 3.05. The van der Waals surface area contributed by atoms with Crippen molar-refractivity contribution in [2.24, 2.45) is 0 Å². The SMILES string of the molecule is CCN(CCCCl)C(=O)c1ccc(Cl)cc1O. The molecule has 0 aromatic heterocycles. The summed E-state index contributed by atoms with van der Waals surface area (Å²) in [5.74, 6) is 0.217. The number of benzene rings is 1. The zero-order valence-electron chi connectivity index (χ0n) is 9.62. The van der Waals surface area contributed by atoms with Crippen LogP contribution >= 0.6 is 23.2 Å². The molecular formula is C12H15Cl2NO2. The summed E-state index contributed by atoms with van der Waals surface area (Å²) in [4.78, 5) is 13.7. The van der Waals surface area contributed by atoms with Crippen molar-refractivity contribution in [2.45, 2.75) is 13.3 Å². The van der Waals surface area contributed by atoms with Crippen molar-refractivity contribution in [1.82, 2.24) is 4.90 Å². The molecule has 0 fully saturated rings. The fourth-order valence-electron chi connectivity index (χ4n) is 1.51. The normalized spacial score (nSPS) is 10.3. The van der Waals surface area contributed by atoms with Gasteiger partial charge in [-0.1, -0.05) is 11.6 Å². The lowest BCUT2D eigenvalue weighted by molar-refractivity contribution is 0.0762. The van der Waals surface area contributed by atoms with Crippen molar-refractivity contribution in [3.63, 3.8) is 0 Å². The number of halogens is 2. The van der Waals surface area contributed by atoms with Crippen LogP contribution in [0.25, 0.3) is 0 Å². The monoisotopic (exact) mass is 275 g/mol. The Kier molecular flexibility index (Phi) is 5.59. The van der Waals surface area contributed by atoms with Crippen molar-refractivity contribution in [2.75, 3.05) is 19.0 Å². The van der Waals surface area contributed by atoms with Gasteiger partial charge in [0, 0.05) is 24.0 Å². The minimum Gasteiger partial charge on any atom is -0.507 e. The number of hydrogen-bond acceptors (Lipinski definition) is 2. The molecule has 0 radical (unpaired) electrons. The molecule has 1 rings (SSSR count). The third kappa shape index (κ3) is 3.79. The van der Waals surface area contributed by atoms with Gasteiger partial charge in [0.25, 0.3) is 5.91 Å². The summed E-state index contributed by atoms with van der Waals surface area (Å²) in [5, 5.41) is 10.1. The predicted octanol–water partition coefficient (Wildman–Crippen LogP) is 3.14. The van der Waals surface area contributed by atoms with E-state index in [1.165, 1.54) is 12.1 Å². The number of amides is 1. The van der Waals surface area contributed by atoms with Crippen LogP contribution in [0.2, 0.25) is 5.02 Å². The molecule has 1 aromatic rings. The van der Waals surface area contributed by atoms with Gasteiger partial charge in [0.1, 0.15) is 5.75 Å². The minimum absolute atomic E-state index is 0.0909. The lowest BCUT2D eigenvalue weighted by atomic mass is 10.1. The van der Waals surface area contributed by atoms with Gasteiger partial charge in [0.15, 0.2) is 0 Å². The van der Waals surface area contributed by atoms with Crippen molar-refractivity contribution in [3.05, 3.63) is 28.8 Å². The molecule has 0 aliphatic carbocycles. The molecule has 0 saturated heterocycles. The van der Waals surface area contributed by atoms with E-state index in [0.717, 1.165) is 6.42 Å². The summed E-state index contributed by atoms with van der Waals surface area (Å²) in [6.07, 6.45) is 0.732. The number of alkyl halides is 1. The third-order valence-electron chi connectivity index (χ3n) is 2.42. The molecule has 1 aromatic carbocycles. The fraction of sp³-hybridized carbons (Fsp3) is 0.417. The Balaban J connectivity index is 2.86. The molecule has 0 saturated carbocycles. The molecule has 3 nitrogen and oxygen atoms in total. The van der Waals surface area contributed by atoms with Crippen LogP contribution in [0, 0.1) is 0 Å². The van der Waals surface area contributed by atoms with E-state index in [2.05, 4.69) is 0 Å². The summed E-state index contributed by atoms with van der Waals surface area (Å²) in [6, 6.07) is 4.48. The van der Waals surface area contributed by atoms with Crippen LogP contribution in [-0.2, 0) is 0 Å². The topological polar surface area (TPSA) is 40.5 Å². The van der Waals surface area contributed by atoms with Gasteiger partial charge in [-0.05, 0) is 31.5 Å². The van der Waals surface area contributed by atoms with Crippen LogP contribution in [0.3, 0.4) is 0 Å². The number of phenols is 1. The van der Waals surface area contributed by atoms with E-state index in [4.69, 9.17) is 23.2 Å². The van der Waals surface area contributed by atoms with Crippen LogP contribution in [0.1, 0.15) is 23.7 Å². The second-order valence-corrected chi connectivity index (χ2v) is 4.40. The van der Waals surface area contributed by atoms with E-state index in [1.54, 1.807) is 11.0 Å². The van der Waals surface area contributed by atoms with Crippen LogP contribution in [0.15, 0.2) is 18.2 Å². The fourth-order valence-corrected chi connectivity index (χ4v) is 1.80. The number of rotatable bonds is 5. The van der Waals surface area contributed by atoms with Gasteiger partial charge in [-0.25, -0.2) is 0 Å². The predicted molar refractivity (Wildman–Crippen MR) is 70.0 cm³/mol. The Hall–Kier alpha value is -0.930. The molecule has 0 bridgehead atoms. The Morgan fingerprint density at radius 1 is 1.47 bits per heavy atom. The van der Waals surface area contributed by atoms with Gasteiger partial charge in [-0.2, -0.15) is 0 Å². The number of carbonyl (C=O) groups is 1. The quantitative estimate of drug-likeness (QED) is 0.839. The molecule has 94 valence electrons. The van der Waals surface area contributed by atoms with Gasteiger partial charge in [0.05, 0.1) is 5.56 Å². The van der Waals surface area contributed by atoms with E-state index in [9.17, 15) is 9.90 Å². The molecule has 5 heteroatoms. The van der Waals surface area contributed by atoms with E-state index < -0.39 is 0 Å². The largest absolute Gasteiger partial charge is 0.507 e. The molecule has 0 aliphatic heterocycles. The summed E-state index contributed by atoms with van der Waals surface area (Å²) < 4.78 is 0. The Bertz CT molecular complexity index is 396. The highest BCUT2D eigenvalue weighted by molar-refractivity contribution is 6.30. The molecule has 1 amide bonds. The van der Waals surface area contributed by atoms with Crippen molar-refractivity contribution >= 4 is 29.1 Å². The Morgan fingerprint density at radius 3 is 2.71 bits per heavy atom. The summed E-state index contributed by atoms with van der Waals surface area (Å²) in [7, 11) is 0. The zero-order chi connectivity index (χ0) is 12.8. The van der Waals surface area contributed by atoms with E-state index in [0.29, 0.717) is 24.0 Å². The molecule has 0 atom stereocenters. The van der Waals surface area contributed by atoms with Gasteiger partial charge >= 0.3 is 0 Å². The third-order valence-corrected chi connectivity index (χ3v) is 2.92. The second-order valence-electron chi connectivity index (χ2n) is 3.59. The van der Waals surface area contributed by atoms with Crippen molar-refractivity contribution in [3.8, 4) is 5.75 Å². The van der Waals surface area contributed by atoms with Crippen LogP contribution in [0.4, 0.5) is 0 Å². The maximum atomic E-state index is 12.1. The van der Waals surface area contributed by atoms with Crippen molar-refractivity contribution < 1.29 is 9.90 Å². The lowest BCUT2D eigenvalue weighted by Gasteiger charge is -2.20. The standard InChI is InChI=1S/C12H15Cl2NO2/c1-2-15(7-3-6-13)12(17)10-5-4-9(14)8-11(10)16/h4-5,8,16H,2-3,6-7H2,1H3. The number of aromatic hydroxyl groups is 1. The van der Waals surface area contributed by atoms with Crippen LogP contribution in [0.5, 0.6) is 5.75 Å². The first kappa shape index (κ1) is 14.1. The minimum atomic E-state index is -0.202. The summed E-state index contributed by atoms with van der Waals surface area (Å²) >= 11 is 11.3. The van der Waals surface area contributed by atoms with E-state index >= 15 is 0 Å². The second kappa shape index (κ2) is 6.72. The smallest absolute Gasteiger partial charge is 0.257 e. The van der Waals surface area contributed by atoms with Crippen LogP contribution in [-0.4, -0.2) is 34.9 Å². The first-order chi connectivity index (χ1) is 8.10. The number of hydrogen-bond donors (Lipinski definition) is 1. The Labute approximate surface area is 111 Å². The van der Waals surface area contributed by atoms with Crippen LogP contribution < -0.4 is 0 Å². The van der Waals surface area contributed by atoms with Gasteiger partial charge < -0.3 is 10.0 Å². The molecule has 17 heavy (non-hydrogen) atoms. The highest BCUT2D eigenvalue weighted by atomic mass is 35.5. The number of nitrogens with zero attached hydrogens (tertiary/aromatic N) is 1. The van der Waals surface area contributed by atoms with E-state index in [-0.39, 0.29) is 17.2 Å². The average Bonchev–Trinajstić information content (AvgIpc) is 2.29. The van der Waals surface area contributed by atoms with Gasteiger partial charge in [-0.15, -0.1) is 11.6 Å². The number of phenolic OH excluding ortho intramolecular Hbond substituents is 1. The first-order valence-electron chi connectivity index (χ1n) is 5.44. The average molecular weight is 276 g/mol. The molecule has 0 spiro atoms.